The topological polar surface area (TPSA) is 32.3 Å². The van der Waals surface area contributed by atoms with Crippen molar-refractivity contribution in [2.75, 3.05) is 6.54 Å². The van der Waals surface area contributed by atoms with E-state index in [9.17, 15) is 5.11 Å². The highest BCUT2D eigenvalue weighted by atomic mass is 16.3. The fourth-order valence-electron chi connectivity index (χ4n) is 4.57. The second-order valence-corrected chi connectivity index (χ2v) is 7.18. The Bertz CT molecular complexity index is 277. The molecule has 1 unspecified atom stereocenters. The molecular weight excluding hydrogens is 222 g/mol. The summed E-state index contributed by atoms with van der Waals surface area (Å²) in [5.74, 6) is 0. The van der Waals surface area contributed by atoms with Crippen molar-refractivity contribution < 1.29 is 5.11 Å². The minimum absolute atomic E-state index is 0.385. The van der Waals surface area contributed by atoms with E-state index in [1.165, 1.54) is 64.2 Å². The molecule has 2 heteroatoms. The highest BCUT2D eigenvalue weighted by Gasteiger charge is 2.47. The molecule has 0 aromatic carbocycles. The normalized spacial score (nSPS) is 34.2. The Hall–Kier alpha value is -0.0800. The first kappa shape index (κ1) is 12.9. The Morgan fingerprint density at radius 1 is 0.833 bits per heavy atom. The van der Waals surface area contributed by atoms with Crippen molar-refractivity contribution in [3.8, 4) is 0 Å². The van der Waals surface area contributed by atoms with Crippen LogP contribution in [0.2, 0.25) is 0 Å². The van der Waals surface area contributed by atoms with E-state index < -0.39 is 0 Å². The molecule has 0 aromatic rings. The minimum atomic E-state index is -0.385. The molecule has 0 heterocycles. The molecule has 3 aliphatic rings. The highest BCUT2D eigenvalue weighted by molar-refractivity contribution is 5.02. The molecule has 0 aliphatic heterocycles. The Kier molecular flexibility index (Phi) is 3.68. The maximum atomic E-state index is 10.6. The average molecular weight is 251 g/mol. The summed E-state index contributed by atoms with van der Waals surface area (Å²) in [5, 5.41) is 14.3. The molecule has 0 bridgehead atoms. The SMILES string of the molecule is OC1(CNC2CCC23CCCCC3)CCCCC1. The predicted octanol–water partition coefficient (Wildman–Crippen LogP) is 3.38. The summed E-state index contributed by atoms with van der Waals surface area (Å²) in [6, 6.07) is 0.712. The molecule has 1 atom stereocenters. The van der Waals surface area contributed by atoms with Crippen LogP contribution in [0.25, 0.3) is 0 Å². The molecule has 1 spiro atoms. The zero-order valence-electron chi connectivity index (χ0n) is 11.7. The molecule has 3 aliphatic carbocycles. The standard InChI is InChI=1S/C16H29NO/c18-16(10-5-2-6-11-16)13-17-14-7-12-15(14)8-3-1-4-9-15/h14,17-18H,1-13H2. The van der Waals surface area contributed by atoms with Crippen molar-refractivity contribution in [1.29, 1.82) is 0 Å². The van der Waals surface area contributed by atoms with E-state index in [-0.39, 0.29) is 5.60 Å². The Labute approximate surface area is 112 Å². The van der Waals surface area contributed by atoms with Gasteiger partial charge < -0.3 is 10.4 Å². The van der Waals surface area contributed by atoms with E-state index in [1.807, 2.05) is 0 Å². The van der Waals surface area contributed by atoms with Crippen molar-refractivity contribution in [2.24, 2.45) is 5.41 Å². The summed E-state index contributed by atoms with van der Waals surface area (Å²) >= 11 is 0. The number of rotatable bonds is 3. The van der Waals surface area contributed by atoms with Crippen molar-refractivity contribution in [1.82, 2.24) is 5.32 Å². The molecule has 3 rings (SSSR count). The van der Waals surface area contributed by atoms with E-state index in [0.29, 0.717) is 11.5 Å². The summed E-state index contributed by atoms with van der Waals surface area (Å²) in [6.45, 7) is 0.847. The maximum Gasteiger partial charge on any atom is 0.0771 e. The van der Waals surface area contributed by atoms with Crippen molar-refractivity contribution in [3.63, 3.8) is 0 Å². The van der Waals surface area contributed by atoms with Crippen LogP contribution in [-0.4, -0.2) is 23.3 Å². The summed E-state index contributed by atoms with van der Waals surface area (Å²) in [5.41, 5.74) is 0.243. The van der Waals surface area contributed by atoms with Gasteiger partial charge in [0.25, 0.3) is 0 Å². The van der Waals surface area contributed by atoms with Gasteiger partial charge in [-0.2, -0.15) is 0 Å². The monoisotopic (exact) mass is 251 g/mol. The quantitative estimate of drug-likeness (QED) is 0.806. The zero-order chi connectivity index (χ0) is 12.5. The van der Waals surface area contributed by atoms with Gasteiger partial charge in [-0.25, -0.2) is 0 Å². The average Bonchev–Trinajstić information content (AvgIpc) is 2.39. The van der Waals surface area contributed by atoms with E-state index in [2.05, 4.69) is 5.32 Å². The van der Waals surface area contributed by atoms with Gasteiger partial charge in [-0.15, -0.1) is 0 Å². The lowest BCUT2D eigenvalue weighted by molar-refractivity contribution is -0.0254. The van der Waals surface area contributed by atoms with Gasteiger partial charge in [-0.3, -0.25) is 0 Å². The van der Waals surface area contributed by atoms with Gasteiger partial charge in [0.1, 0.15) is 0 Å². The number of hydrogen-bond donors (Lipinski definition) is 2. The molecule has 0 saturated heterocycles. The fraction of sp³-hybridized carbons (Fsp3) is 1.00. The lowest BCUT2D eigenvalue weighted by Gasteiger charge is -2.53. The van der Waals surface area contributed by atoms with Crippen LogP contribution in [0.4, 0.5) is 0 Å². The largest absolute Gasteiger partial charge is 0.389 e. The second-order valence-electron chi connectivity index (χ2n) is 7.18. The molecule has 0 amide bonds. The van der Waals surface area contributed by atoms with Crippen LogP contribution in [-0.2, 0) is 0 Å². The number of aliphatic hydroxyl groups is 1. The third kappa shape index (κ3) is 2.46. The van der Waals surface area contributed by atoms with Crippen LogP contribution in [0.1, 0.15) is 77.0 Å². The summed E-state index contributed by atoms with van der Waals surface area (Å²) in [7, 11) is 0. The minimum Gasteiger partial charge on any atom is -0.389 e. The van der Waals surface area contributed by atoms with Crippen molar-refractivity contribution in [2.45, 2.75) is 88.7 Å². The van der Waals surface area contributed by atoms with Gasteiger partial charge in [-0.1, -0.05) is 38.5 Å². The summed E-state index contributed by atoms with van der Waals surface area (Å²) < 4.78 is 0. The Morgan fingerprint density at radius 3 is 2.00 bits per heavy atom. The van der Waals surface area contributed by atoms with Crippen molar-refractivity contribution in [3.05, 3.63) is 0 Å². The van der Waals surface area contributed by atoms with E-state index in [4.69, 9.17) is 0 Å². The van der Waals surface area contributed by atoms with Crippen molar-refractivity contribution >= 4 is 0 Å². The molecule has 3 saturated carbocycles. The van der Waals surface area contributed by atoms with Gasteiger partial charge in [0, 0.05) is 12.6 Å². The molecule has 0 aromatic heterocycles. The first-order chi connectivity index (χ1) is 8.73. The molecule has 2 nitrogen and oxygen atoms in total. The first-order valence-corrected chi connectivity index (χ1v) is 8.18. The molecule has 104 valence electrons. The van der Waals surface area contributed by atoms with Gasteiger partial charge in [0.15, 0.2) is 0 Å². The molecule has 0 radical (unpaired) electrons. The lowest BCUT2D eigenvalue weighted by atomic mass is 9.57. The fourth-order valence-corrected chi connectivity index (χ4v) is 4.57. The molecule has 3 fully saturated rings. The molecule has 18 heavy (non-hydrogen) atoms. The molecule has 2 N–H and O–H groups in total. The van der Waals surface area contributed by atoms with Crippen LogP contribution in [0.5, 0.6) is 0 Å². The van der Waals surface area contributed by atoms with Crippen LogP contribution in [0.3, 0.4) is 0 Å². The first-order valence-electron chi connectivity index (χ1n) is 8.18. The summed E-state index contributed by atoms with van der Waals surface area (Å²) in [6.07, 6.45) is 15.7. The second kappa shape index (κ2) is 5.13. The van der Waals surface area contributed by atoms with Gasteiger partial charge in [0.2, 0.25) is 0 Å². The highest BCUT2D eigenvalue weighted by Crippen LogP contribution is 2.51. The van der Waals surface area contributed by atoms with E-state index in [1.54, 1.807) is 0 Å². The molecular formula is C16H29NO. The lowest BCUT2D eigenvalue weighted by Crippen LogP contribution is -2.57. The third-order valence-electron chi connectivity index (χ3n) is 5.98. The van der Waals surface area contributed by atoms with E-state index >= 15 is 0 Å². The zero-order valence-corrected chi connectivity index (χ0v) is 11.7. The summed E-state index contributed by atoms with van der Waals surface area (Å²) in [4.78, 5) is 0. The number of hydrogen-bond acceptors (Lipinski definition) is 2. The van der Waals surface area contributed by atoms with Crippen LogP contribution >= 0.6 is 0 Å². The Morgan fingerprint density at radius 2 is 1.44 bits per heavy atom. The van der Waals surface area contributed by atoms with Gasteiger partial charge >= 0.3 is 0 Å². The number of nitrogens with one attached hydrogen (secondary N) is 1. The van der Waals surface area contributed by atoms with E-state index in [0.717, 1.165) is 19.4 Å². The predicted molar refractivity (Wildman–Crippen MR) is 74.6 cm³/mol. The van der Waals surface area contributed by atoms with Gasteiger partial charge in [0.05, 0.1) is 5.60 Å². The smallest absolute Gasteiger partial charge is 0.0771 e. The van der Waals surface area contributed by atoms with Crippen LogP contribution in [0, 0.1) is 5.41 Å². The van der Waals surface area contributed by atoms with Crippen LogP contribution in [0.15, 0.2) is 0 Å². The third-order valence-corrected chi connectivity index (χ3v) is 5.98. The maximum absolute atomic E-state index is 10.6. The van der Waals surface area contributed by atoms with Gasteiger partial charge in [-0.05, 0) is 43.9 Å². The Balaban J connectivity index is 1.50. The van der Waals surface area contributed by atoms with Crippen LogP contribution < -0.4 is 5.32 Å².